The number of rotatable bonds is 3. The highest BCUT2D eigenvalue weighted by atomic mass is 32.2. The Morgan fingerprint density at radius 3 is 3.12 bits per heavy atom. The number of amidine groups is 1. The standard InChI is InChI=1S/C12H22N2OS/c1-2-10-6-8-16-12(14-10)13-9-11-5-3-4-7-15-11/h10-11H,2-9H2,1H3,(H,13,14). The lowest BCUT2D eigenvalue weighted by Crippen LogP contribution is -2.38. The molecule has 2 saturated heterocycles. The van der Waals surface area contributed by atoms with Gasteiger partial charge in [-0.15, -0.1) is 0 Å². The van der Waals surface area contributed by atoms with Crippen LogP contribution in [0.3, 0.4) is 0 Å². The van der Waals surface area contributed by atoms with E-state index in [1.54, 1.807) is 0 Å². The molecular formula is C12H22N2OS. The van der Waals surface area contributed by atoms with Gasteiger partial charge in [-0.25, -0.2) is 0 Å². The fourth-order valence-electron chi connectivity index (χ4n) is 2.12. The van der Waals surface area contributed by atoms with Crippen LogP contribution in [-0.2, 0) is 4.74 Å². The second-order valence-corrected chi connectivity index (χ2v) is 5.60. The summed E-state index contributed by atoms with van der Waals surface area (Å²) < 4.78 is 5.68. The van der Waals surface area contributed by atoms with Crippen molar-refractivity contribution in [2.45, 2.75) is 51.2 Å². The van der Waals surface area contributed by atoms with E-state index in [-0.39, 0.29) is 0 Å². The summed E-state index contributed by atoms with van der Waals surface area (Å²) in [5.41, 5.74) is 0. The molecule has 2 unspecified atom stereocenters. The van der Waals surface area contributed by atoms with Crippen LogP contribution in [0.2, 0.25) is 0 Å². The summed E-state index contributed by atoms with van der Waals surface area (Å²) in [6, 6.07) is 0.632. The number of ether oxygens (including phenoxy) is 1. The first-order chi connectivity index (χ1) is 7.88. The van der Waals surface area contributed by atoms with Crippen molar-refractivity contribution in [3.8, 4) is 0 Å². The van der Waals surface area contributed by atoms with E-state index < -0.39 is 0 Å². The fourth-order valence-corrected chi connectivity index (χ4v) is 3.13. The van der Waals surface area contributed by atoms with E-state index in [0.29, 0.717) is 12.1 Å². The first-order valence-corrected chi connectivity index (χ1v) is 7.42. The SMILES string of the molecule is CCC1CCSC(=NCC2CCCCO2)N1. The molecule has 0 amide bonds. The minimum absolute atomic E-state index is 0.366. The van der Waals surface area contributed by atoms with Crippen LogP contribution in [0.15, 0.2) is 4.99 Å². The van der Waals surface area contributed by atoms with Gasteiger partial charge in [0.2, 0.25) is 0 Å². The molecule has 4 heteroatoms. The predicted molar refractivity (Wildman–Crippen MR) is 70.2 cm³/mol. The maximum absolute atomic E-state index is 5.68. The van der Waals surface area contributed by atoms with Gasteiger partial charge < -0.3 is 10.1 Å². The highest BCUT2D eigenvalue weighted by Gasteiger charge is 2.17. The Labute approximate surface area is 102 Å². The van der Waals surface area contributed by atoms with Crippen molar-refractivity contribution in [2.24, 2.45) is 4.99 Å². The molecule has 16 heavy (non-hydrogen) atoms. The molecule has 1 N–H and O–H groups in total. The molecule has 2 aliphatic rings. The normalized spacial score (nSPS) is 33.7. The minimum atomic E-state index is 0.366. The molecule has 2 atom stereocenters. The zero-order valence-electron chi connectivity index (χ0n) is 10.1. The zero-order valence-corrected chi connectivity index (χ0v) is 10.9. The molecular weight excluding hydrogens is 220 g/mol. The van der Waals surface area contributed by atoms with E-state index >= 15 is 0 Å². The largest absolute Gasteiger partial charge is 0.376 e. The van der Waals surface area contributed by atoms with Gasteiger partial charge >= 0.3 is 0 Å². The van der Waals surface area contributed by atoms with Crippen molar-refractivity contribution in [1.29, 1.82) is 0 Å². The van der Waals surface area contributed by atoms with Crippen LogP contribution >= 0.6 is 11.8 Å². The topological polar surface area (TPSA) is 33.6 Å². The highest BCUT2D eigenvalue weighted by Crippen LogP contribution is 2.17. The lowest BCUT2D eigenvalue weighted by atomic mass is 10.1. The van der Waals surface area contributed by atoms with Crippen molar-refractivity contribution >= 4 is 16.9 Å². The highest BCUT2D eigenvalue weighted by molar-refractivity contribution is 8.13. The van der Waals surface area contributed by atoms with Crippen LogP contribution < -0.4 is 5.32 Å². The number of aliphatic imine (C=N–C) groups is 1. The van der Waals surface area contributed by atoms with E-state index in [1.807, 2.05) is 11.8 Å². The Morgan fingerprint density at radius 1 is 1.44 bits per heavy atom. The summed E-state index contributed by atoms with van der Waals surface area (Å²) in [7, 11) is 0. The van der Waals surface area contributed by atoms with Crippen molar-refractivity contribution in [1.82, 2.24) is 5.32 Å². The van der Waals surface area contributed by atoms with Crippen LogP contribution in [0, 0.1) is 0 Å². The van der Waals surface area contributed by atoms with Crippen LogP contribution in [-0.4, -0.2) is 36.2 Å². The van der Waals surface area contributed by atoms with E-state index in [0.717, 1.165) is 18.3 Å². The summed E-state index contributed by atoms with van der Waals surface area (Å²) in [4.78, 5) is 4.65. The molecule has 2 heterocycles. The Balaban J connectivity index is 1.77. The second-order valence-electron chi connectivity index (χ2n) is 4.52. The van der Waals surface area contributed by atoms with E-state index in [9.17, 15) is 0 Å². The van der Waals surface area contributed by atoms with E-state index in [4.69, 9.17) is 4.74 Å². The van der Waals surface area contributed by atoms with Gasteiger partial charge in [0.1, 0.15) is 0 Å². The second kappa shape index (κ2) is 6.50. The third-order valence-corrected chi connectivity index (χ3v) is 4.20. The van der Waals surface area contributed by atoms with Crippen molar-refractivity contribution in [3.63, 3.8) is 0 Å². The van der Waals surface area contributed by atoms with E-state index in [1.165, 1.54) is 37.9 Å². The Hall–Kier alpha value is -0.220. The van der Waals surface area contributed by atoms with Gasteiger partial charge in [-0.2, -0.15) is 0 Å². The molecule has 2 aliphatic heterocycles. The van der Waals surface area contributed by atoms with Gasteiger partial charge in [-0.1, -0.05) is 18.7 Å². The lowest BCUT2D eigenvalue weighted by Gasteiger charge is -2.25. The van der Waals surface area contributed by atoms with Gasteiger partial charge in [-0.05, 0) is 32.1 Å². The van der Waals surface area contributed by atoms with Gasteiger partial charge in [0.25, 0.3) is 0 Å². The predicted octanol–water partition coefficient (Wildman–Crippen LogP) is 2.42. The molecule has 0 aromatic heterocycles. The first kappa shape index (κ1) is 12.2. The van der Waals surface area contributed by atoms with Gasteiger partial charge in [-0.3, -0.25) is 4.99 Å². The monoisotopic (exact) mass is 242 g/mol. The molecule has 0 aliphatic carbocycles. The summed E-state index contributed by atoms with van der Waals surface area (Å²) in [5.74, 6) is 1.20. The van der Waals surface area contributed by atoms with Crippen LogP contribution in [0.25, 0.3) is 0 Å². The number of thioether (sulfide) groups is 1. The summed E-state index contributed by atoms with van der Waals surface area (Å²) in [6.45, 7) is 4.00. The summed E-state index contributed by atoms with van der Waals surface area (Å²) in [6.07, 6.45) is 6.52. The third kappa shape index (κ3) is 3.67. The Morgan fingerprint density at radius 2 is 2.38 bits per heavy atom. The summed E-state index contributed by atoms with van der Waals surface area (Å²) in [5, 5.41) is 4.63. The molecule has 0 aromatic carbocycles. The van der Waals surface area contributed by atoms with Crippen molar-refractivity contribution < 1.29 is 4.74 Å². The Kier molecular flexibility index (Phi) is 4.97. The first-order valence-electron chi connectivity index (χ1n) is 6.44. The molecule has 0 aromatic rings. The van der Waals surface area contributed by atoms with Crippen LogP contribution in [0.1, 0.15) is 39.0 Å². The van der Waals surface area contributed by atoms with Crippen LogP contribution in [0.4, 0.5) is 0 Å². The molecule has 2 fully saturated rings. The molecule has 3 nitrogen and oxygen atoms in total. The van der Waals surface area contributed by atoms with Crippen molar-refractivity contribution in [3.05, 3.63) is 0 Å². The molecule has 92 valence electrons. The number of nitrogens with one attached hydrogen (secondary N) is 1. The van der Waals surface area contributed by atoms with Crippen molar-refractivity contribution in [2.75, 3.05) is 18.9 Å². The maximum atomic E-state index is 5.68. The van der Waals surface area contributed by atoms with Gasteiger partial charge in [0.15, 0.2) is 5.17 Å². The third-order valence-electron chi connectivity index (χ3n) is 3.24. The lowest BCUT2D eigenvalue weighted by molar-refractivity contribution is 0.0225. The number of hydrogen-bond donors (Lipinski definition) is 1. The van der Waals surface area contributed by atoms with E-state index in [2.05, 4.69) is 17.2 Å². The van der Waals surface area contributed by atoms with Gasteiger partial charge in [0.05, 0.1) is 12.6 Å². The molecule has 0 bridgehead atoms. The average Bonchev–Trinajstić information content (AvgIpc) is 2.38. The van der Waals surface area contributed by atoms with Gasteiger partial charge in [0, 0.05) is 18.4 Å². The molecule has 0 saturated carbocycles. The average molecular weight is 242 g/mol. The summed E-state index contributed by atoms with van der Waals surface area (Å²) >= 11 is 1.85. The zero-order chi connectivity index (χ0) is 11.2. The van der Waals surface area contributed by atoms with Crippen LogP contribution in [0.5, 0.6) is 0 Å². The number of nitrogens with zero attached hydrogens (tertiary/aromatic N) is 1. The molecule has 0 spiro atoms. The quantitative estimate of drug-likeness (QED) is 0.825. The minimum Gasteiger partial charge on any atom is -0.376 e. The molecule has 0 radical (unpaired) electrons. The maximum Gasteiger partial charge on any atom is 0.156 e. The number of hydrogen-bond acceptors (Lipinski definition) is 3. The Bertz CT molecular complexity index is 239. The smallest absolute Gasteiger partial charge is 0.156 e. The fraction of sp³-hybridized carbons (Fsp3) is 0.917. The molecule has 2 rings (SSSR count).